The van der Waals surface area contributed by atoms with Gasteiger partial charge in [0, 0.05) is 6.04 Å². The normalized spacial score (nSPS) is 34.6. The van der Waals surface area contributed by atoms with Crippen molar-refractivity contribution in [1.82, 2.24) is 10.2 Å². The first-order valence-electron chi connectivity index (χ1n) is 8.69. The van der Waals surface area contributed by atoms with Crippen molar-refractivity contribution in [1.29, 1.82) is 0 Å². The van der Waals surface area contributed by atoms with E-state index in [1.807, 2.05) is 0 Å². The number of carbonyl (C=O) groups is 1. The van der Waals surface area contributed by atoms with Gasteiger partial charge in [-0.05, 0) is 70.5 Å². The van der Waals surface area contributed by atoms with Crippen molar-refractivity contribution in [2.75, 3.05) is 26.7 Å². The molecule has 0 amide bonds. The number of hydrogen-bond acceptors (Lipinski definition) is 4. The van der Waals surface area contributed by atoms with Crippen LogP contribution in [0, 0.1) is 5.92 Å². The minimum Gasteiger partial charge on any atom is -0.468 e. The van der Waals surface area contributed by atoms with Gasteiger partial charge in [0.25, 0.3) is 0 Å². The second kappa shape index (κ2) is 7.59. The summed E-state index contributed by atoms with van der Waals surface area (Å²) in [6.07, 6.45) is 7.92. The summed E-state index contributed by atoms with van der Waals surface area (Å²) >= 11 is 0. The van der Waals surface area contributed by atoms with E-state index in [0.29, 0.717) is 6.04 Å². The molecule has 0 aromatic carbocycles. The highest BCUT2D eigenvalue weighted by Crippen LogP contribution is 2.35. The first-order chi connectivity index (χ1) is 10.1. The smallest absolute Gasteiger partial charge is 0.326 e. The van der Waals surface area contributed by atoms with E-state index in [-0.39, 0.29) is 5.97 Å². The summed E-state index contributed by atoms with van der Waals surface area (Å²) in [5.74, 6) is 0.779. The summed E-state index contributed by atoms with van der Waals surface area (Å²) in [5.41, 5.74) is -0.437. The number of esters is 1. The molecule has 1 N–H and O–H groups in total. The molecule has 3 unspecified atom stereocenters. The first kappa shape index (κ1) is 16.8. The fourth-order valence-corrected chi connectivity index (χ4v) is 3.96. The van der Waals surface area contributed by atoms with Gasteiger partial charge in [-0.1, -0.05) is 13.8 Å². The Morgan fingerprint density at radius 1 is 1.33 bits per heavy atom. The third-order valence-electron chi connectivity index (χ3n) is 5.35. The van der Waals surface area contributed by atoms with Crippen molar-refractivity contribution in [2.45, 2.75) is 70.4 Å². The molecule has 3 atom stereocenters. The molecule has 0 aromatic heterocycles. The lowest BCUT2D eigenvalue weighted by atomic mass is 9.96. The predicted molar refractivity (Wildman–Crippen MR) is 85.3 cm³/mol. The summed E-state index contributed by atoms with van der Waals surface area (Å²) in [4.78, 5) is 14.9. The third-order valence-corrected chi connectivity index (χ3v) is 5.35. The van der Waals surface area contributed by atoms with Gasteiger partial charge in [-0.2, -0.15) is 0 Å². The summed E-state index contributed by atoms with van der Waals surface area (Å²) < 4.78 is 5.09. The van der Waals surface area contributed by atoms with E-state index in [4.69, 9.17) is 4.74 Å². The molecule has 4 heteroatoms. The maximum Gasteiger partial charge on any atom is 0.326 e. The minimum absolute atomic E-state index is 0.0679. The molecule has 1 heterocycles. The molecular weight excluding hydrogens is 264 g/mol. The van der Waals surface area contributed by atoms with Gasteiger partial charge in [-0.3, -0.25) is 4.79 Å². The van der Waals surface area contributed by atoms with Gasteiger partial charge >= 0.3 is 5.97 Å². The van der Waals surface area contributed by atoms with E-state index in [1.54, 1.807) is 0 Å². The molecule has 1 aliphatic carbocycles. The quantitative estimate of drug-likeness (QED) is 0.792. The number of nitrogens with one attached hydrogen (secondary N) is 1. The van der Waals surface area contributed by atoms with Crippen molar-refractivity contribution in [3.05, 3.63) is 0 Å². The Kier molecular flexibility index (Phi) is 6.06. The lowest BCUT2D eigenvalue weighted by Crippen LogP contribution is -2.52. The monoisotopic (exact) mass is 296 g/mol. The van der Waals surface area contributed by atoms with Crippen LogP contribution in [0.2, 0.25) is 0 Å². The van der Waals surface area contributed by atoms with Crippen LogP contribution in [0.3, 0.4) is 0 Å². The van der Waals surface area contributed by atoms with Crippen LogP contribution in [0.4, 0.5) is 0 Å². The van der Waals surface area contributed by atoms with Crippen LogP contribution in [0.5, 0.6) is 0 Å². The van der Waals surface area contributed by atoms with Crippen LogP contribution >= 0.6 is 0 Å². The lowest BCUT2D eigenvalue weighted by Gasteiger charge is -2.31. The SMILES string of the molecule is CCCNC1(C(=O)OC)CCC(N2CCCC(C)CC2)C1. The molecule has 1 saturated heterocycles. The van der Waals surface area contributed by atoms with Gasteiger partial charge in [-0.25, -0.2) is 0 Å². The Balaban J connectivity index is 1.99. The molecule has 0 radical (unpaired) electrons. The van der Waals surface area contributed by atoms with Crippen molar-refractivity contribution in [2.24, 2.45) is 5.92 Å². The zero-order valence-electron chi connectivity index (χ0n) is 14.0. The molecule has 2 aliphatic rings. The van der Waals surface area contributed by atoms with Gasteiger partial charge in [0.2, 0.25) is 0 Å². The Labute approximate surface area is 129 Å². The molecule has 1 aliphatic heterocycles. The average Bonchev–Trinajstić information content (AvgIpc) is 2.81. The maximum atomic E-state index is 12.3. The average molecular weight is 296 g/mol. The van der Waals surface area contributed by atoms with Crippen LogP contribution in [0.1, 0.15) is 58.8 Å². The number of carbonyl (C=O) groups excluding carboxylic acids is 1. The van der Waals surface area contributed by atoms with E-state index in [0.717, 1.165) is 38.1 Å². The molecular formula is C17H32N2O2. The molecule has 1 saturated carbocycles. The third kappa shape index (κ3) is 3.98. The summed E-state index contributed by atoms with van der Waals surface area (Å²) in [7, 11) is 1.51. The first-order valence-corrected chi connectivity index (χ1v) is 8.69. The zero-order chi connectivity index (χ0) is 15.3. The van der Waals surface area contributed by atoms with Crippen LogP contribution in [-0.4, -0.2) is 49.2 Å². The second-order valence-corrected chi connectivity index (χ2v) is 6.97. The maximum absolute atomic E-state index is 12.3. The van der Waals surface area contributed by atoms with Crippen molar-refractivity contribution in [3.8, 4) is 0 Å². The molecule has 2 rings (SSSR count). The van der Waals surface area contributed by atoms with Crippen molar-refractivity contribution in [3.63, 3.8) is 0 Å². The van der Waals surface area contributed by atoms with Crippen LogP contribution in [0.25, 0.3) is 0 Å². The number of ether oxygens (including phenoxy) is 1. The Bertz CT molecular complexity index is 348. The highest BCUT2D eigenvalue weighted by molar-refractivity contribution is 5.81. The number of nitrogens with zero attached hydrogens (tertiary/aromatic N) is 1. The molecule has 0 bridgehead atoms. The topological polar surface area (TPSA) is 41.6 Å². The van der Waals surface area contributed by atoms with Crippen molar-refractivity contribution >= 4 is 5.97 Å². The molecule has 4 nitrogen and oxygen atoms in total. The minimum atomic E-state index is -0.437. The van der Waals surface area contributed by atoms with Crippen LogP contribution < -0.4 is 5.32 Å². The molecule has 2 fully saturated rings. The second-order valence-electron chi connectivity index (χ2n) is 6.97. The van der Waals surface area contributed by atoms with E-state index < -0.39 is 5.54 Å². The number of likely N-dealkylation sites (tertiary alicyclic amines) is 1. The van der Waals surface area contributed by atoms with Crippen LogP contribution in [0.15, 0.2) is 0 Å². The summed E-state index contributed by atoms with van der Waals surface area (Å²) in [6.45, 7) is 7.77. The van der Waals surface area contributed by atoms with Gasteiger partial charge in [0.1, 0.15) is 5.54 Å². The molecule has 122 valence electrons. The summed E-state index contributed by atoms with van der Waals surface area (Å²) in [6, 6.07) is 0.541. The molecule has 21 heavy (non-hydrogen) atoms. The largest absolute Gasteiger partial charge is 0.468 e. The number of rotatable bonds is 5. The lowest BCUT2D eigenvalue weighted by molar-refractivity contribution is -0.148. The fourth-order valence-electron chi connectivity index (χ4n) is 3.96. The number of hydrogen-bond donors (Lipinski definition) is 1. The Hall–Kier alpha value is -0.610. The highest BCUT2D eigenvalue weighted by Gasteiger charge is 2.47. The van der Waals surface area contributed by atoms with E-state index in [2.05, 4.69) is 24.1 Å². The highest BCUT2D eigenvalue weighted by atomic mass is 16.5. The van der Waals surface area contributed by atoms with E-state index in [9.17, 15) is 4.79 Å². The molecule has 0 aromatic rings. The van der Waals surface area contributed by atoms with E-state index in [1.165, 1.54) is 39.5 Å². The Morgan fingerprint density at radius 3 is 2.86 bits per heavy atom. The Morgan fingerprint density at radius 2 is 2.14 bits per heavy atom. The van der Waals surface area contributed by atoms with Gasteiger partial charge < -0.3 is 15.0 Å². The van der Waals surface area contributed by atoms with Crippen molar-refractivity contribution < 1.29 is 9.53 Å². The van der Waals surface area contributed by atoms with E-state index >= 15 is 0 Å². The predicted octanol–water partition coefficient (Wildman–Crippen LogP) is 2.57. The number of methoxy groups -OCH3 is 1. The van der Waals surface area contributed by atoms with Gasteiger partial charge in [0.15, 0.2) is 0 Å². The van der Waals surface area contributed by atoms with Gasteiger partial charge in [-0.15, -0.1) is 0 Å². The summed E-state index contributed by atoms with van der Waals surface area (Å²) in [5, 5.41) is 3.49. The fraction of sp³-hybridized carbons (Fsp3) is 0.941. The van der Waals surface area contributed by atoms with Gasteiger partial charge in [0.05, 0.1) is 7.11 Å². The van der Waals surface area contributed by atoms with Crippen LogP contribution in [-0.2, 0) is 9.53 Å². The molecule has 0 spiro atoms. The standard InChI is InChI=1S/C17H32N2O2/c1-4-10-18-17(16(20)21-3)9-7-15(13-17)19-11-5-6-14(2)8-12-19/h14-15,18H,4-13H2,1-3H3. The zero-order valence-corrected chi connectivity index (χ0v) is 14.0.